The summed E-state index contributed by atoms with van der Waals surface area (Å²) in [5, 5.41) is 11.0. The molecule has 2 saturated heterocycles. The average Bonchev–Trinajstić information content (AvgIpc) is 3.30. The van der Waals surface area contributed by atoms with Crippen LogP contribution in [-0.2, 0) is 4.74 Å². The molecule has 3 heterocycles. The predicted molar refractivity (Wildman–Crippen MR) is 111 cm³/mol. The highest BCUT2D eigenvalue weighted by atomic mass is 19.2. The second-order valence-electron chi connectivity index (χ2n) is 9.18. The van der Waals surface area contributed by atoms with Crippen molar-refractivity contribution in [3.8, 4) is 11.3 Å². The smallest absolute Gasteiger partial charge is 0.168 e. The minimum absolute atomic E-state index is 0.00365. The Morgan fingerprint density at radius 3 is 2.59 bits per heavy atom. The van der Waals surface area contributed by atoms with Crippen LogP contribution >= 0.6 is 0 Å². The Balaban J connectivity index is 1.19. The van der Waals surface area contributed by atoms with Crippen LogP contribution in [-0.4, -0.2) is 60.2 Å². The molecule has 5 rings (SSSR count). The van der Waals surface area contributed by atoms with Crippen LogP contribution in [0.1, 0.15) is 19.3 Å². The normalized spacial score (nSPS) is 28.8. The zero-order valence-corrected chi connectivity index (χ0v) is 17.6. The Labute approximate surface area is 184 Å². The molecule has 9 heteroatoms. The van der Waals surface area contributed by atoms with Gasteiger partial charge in [0.15, 0.2) is 11.6 Å². The molecule has 32 heavy (non-hydrogen) atoms. The first-order valence-corrected chi connectivity index (χ1v) is 11.2. The lowest BCUT2D eigenvalue weighted by Gasteiger charge is -2.28. The number of fused-ring (bicyclic) bond motifs is 1. The third kappa shape index (κ3) is 4.32. The van der Waals surface area contributed by atoms with Gasteiger partial charge in [-0.2, -0.15) is 0 Å². The summed E-state index contributed by atoms with van der Waals surface area (Å²) in [5.41, 5.74) is -0.291. The van der Waals surface area contributed by atoms with Crippen LogP contribution in [0.5, 0.6) is 0 Å². The number of alkyl halides is 1. The molecule has 1 aromatic carbocycles. The fourth-order valence-corrected chi connectivity index (χ4v) is 5.42. The SMILES string of the molecule is Fc1cc(F)c(F)c(-c2ccc(N[C@@H]3C[C@H]4CN(CC5CCOCC5)C[C@H]4[C@@H]3F)nn2)c1. The fraction of sp³-hybridized carbons (Fsp3) is 0.565. The second kappa shape index (κ2) is 8.94. The maximum absolute atomic E-state index is 15.2. The van der Waals surface area contributed by atoms with Crippen molar-refractivity contribution in [2.75, 3.05) is 38.2 Å². The van der Waals surface area contributed by atoms with E-state index in [1.165, 1.54) is 12.1 Å². The summed E-state index contributed by atoms with van der Waals surface area (Å²) in [6.07, 6.45) is 1.88. The van der Waals surface area contributed by atoms with Crippen LogP contribution in [0, 0.1) is 35.2 Å². The van der Waals surface area contributed by atoms with Crippen LogP contribution in [0.25, 0.3) is 11.3 Å². The van der Waals surface area contributed by atoms with Crippen LogP contribution in [0.15, 0.2) is 24.3 Å². The summed E-state index contributed by atoms with van der Waals surface area (Å²) in [7, 11) is 0. The number of nitrogens with one attached hydrogen (secondary N) is 1. The minimum atomic E-state index is -1.28. The van der Waals surface area contributed by atoms with Crippen molar-refractivity contribution in [3.63, 3.8) is 0 Å². The number of hydrogen-bond donors (Lipinski definition) is 1. The third-order valence-corrected chi connectivity index (χ3v) is 7.04. The molecule has 2 aromatic rings. The summed E-state index contributed by atoms with van der Waals surface area (Å²) in [4.78, 5) is 2.40. The Morgan fingerprint density at radius 2 is 1.88 bits per heavy atom. The van der Waals surface area contributed by atoms with Crippen LogP contribution in [0.4, 0.5) is 23.4 Å². The van der Waals surface area contributed by atoms with Gasteiger partial charge in [0.05, 0.1) is 11.7 Å². The van der Waals surface area contributed by atoms with Crippen molar-refractivity contribution in [3.05, 3.63) is 41.7 Å². The van der Waals surface area contributed by atoms with Crippen LogP contribution in [0.3, 0.4) is 0 Å². The summed E-state index contributed by atoms with van der Waals surface area (Å²) in [6.45, 7) is 4.35. The van der Waals surface area contributed by atoms with Crippen molar-refractivity contribution in [1.29, 1.82) is 0 Å². The van der Waals surface area contributed by atoms with Gasteiger partial charge in [0.25, 0.3) is 0 Å². The van der Waals surface area contributed by atoms with E-state index < -0.39 is 23.6 Å². The number of ether oxygens (including phenoxy) is 1. The molecule has 1 saturated carbocycles. The van der Waals surface area contributed by atoms with Gasteiger partial charge in [-0.3, -0.25) is 0 Å². The highest BCUT2D eigenvalue weighted by Crippen LogP contribution is 2.41. The molecule has 0 spiro atoms. The third-order valence-electron chi connectivity index (χ3n) is 7.04. The Kier molecular flexibility index (Phi) is 6.03. The first-order valence-electron chi connectivity index (χ1n) is 11.2. The lowest BCUT2D eigenvalue weighted by atomic mass is 9.99. The van der Waals surface area contributed by atoms with E-state index in [1.54, 1.807) is 0 Å². The first kappa shape index (κ1) is 21.6. The molecule has 0 bridgehead atoms. The molecule has 0 amide bonds. The van der Waals surface area contributed by atoms with E-state index >= 15 is 4.39 Å². The van der Waals surface area contributed by atoms with E-state index in [4.69, 9.17) is 4.74 Å². The summed E-state index contributed by atoms with van der Waals surface area (Å²) < 4.78 is 61.5. The van der Waals surface area contributed by atoms with Gasteiger partial charge >= 0.3 is 0 Å². The Hall–Kier alpha value is -2.26. The van der Waals surface area contributed by atoms with E-state index in [-0.39, 0.29) is 23.2 Å². The van der Waals surface area contributed by atoms with Gasteiger partial charge in [-0.05, 0) is 49.3 Å². The Morgan fingerprint density at radius 1 is 1.06 bits per heavy atom. The largest absolute Gasteiger partial charge is 0.381 e. The molecule has 0 unspecified atom stereocenters. The van der Waals surface area contributed by atoms with Crippen molar-refractivity contribution in [2.24, 2.45) is 17.8 Å². The van der Waals surface area contributed by atoms with Crippen LogP contribution in [0.2, 0.25) is 0 Å². The number of hydrogen-bond acceptors (Lipinski definition) is 5. The Bertz CT molecular complexity index is 954. The molecule has 3 aliphatic rings. The van der Waals surface area contributed by atoms with E-state index in [1.807, 2.05) is 0 Å². The van der Waals surface area contributed by atoms with Crippen molar-refractivity contribution in [2.45, 2.75) is 31.5 Å². The maximum Gasteiger partial charge on any atom is 0.168 e. The monoisotopic (exact) mass is 450 g/mol. The van der Waals surface area contributed by atoms with E-state index in [2.05, 4.69) is 20.4 Å². The van der Waals surface area contributed by atoms with E-state index in [0.717, 1.165) is 51.8 Å². The zero-order chi connectivity index (χ0) is 22.2. The highest BCUT2D eigenvalue weighted by molar-refractivity contribution is 5.60. The number of nitrogens with zero attached hydrogens (tertiary/aromatic N) is 3. The van der Waals surface area contributed by atoms with Crippen molar-refractivity contribution >= 4 is 5.82 Å². The second-order valence-corrected chi connectivity index (χ2v) is 9.18. The molecule has 1 N–H and O–H groups in total. The van der Waals surface area contributed by atoms with Crippen LogP contribution < -0.4 is 5.32 Å². The lowest BCUT2D eigenvalue weighted by molar-refractivity contribution is 0.0539. The number of rotatable bonds is 5. The van der Waals surface area contributed by atoms with Gasteiger partial charge < -0.3 is 15.0 Å². The van der Waals surface area contributed by atoms with E-state index in [0.29, 0.717) is 30.1 Å². The molecule has 5 nitrogen and oxygen atoms in total. The summed E-state index contributed by atoms with van der Waals surface area (Å²) >= 11 is 0. The van der Waals surface area contributed by atoms with Gasteiger partial charge in [0.2, 0.25) is 0 Å². The van der Waals surface area contributed by atoms with Gasteiger partial charge in [0.1, 0.15) is 17.8 Å². The minimum Gasteiger partial charge on any atom is -0.381 e. The molecular formula is C23H26F4N4O. The van der Waals surface area contributed by atoms with Gasteiger partial charge in [-0.15, -0.1) is 10.2 Å². The van der Waals surface area contributed by atoms with Gasteiger partial charge in [-0.1, -0.05) is 0 Å². The lowest BCUT2D eigenvalue weighted by Crippen LogP contribution is -2.35. The number of likely N-dealkylation sites (tertiary alicyclic amines) is 1. The predicted octanol–water partition coefficient (Wildman–Crippen LogP) is 4.06. The molecule has 1 aromatic heterocycles. The maximum atomic E-state index is 15.2. The molecule has 1 aliphatic carbocycles. The van der Waals surface area contributed by atoms with Gasteiger partial charge in [0, 0.05) is 50.4 Å². The van der Waals surface area contributed by atoms with Gasteiger partial charge in [-0.25, -0.2) is 17.6 Å². The summed E-state index contributed by atoms with van der Waals surface area (Å²) in [5.74, 6) is -2.06. The fourth-order valence-electron chi connectivity index (χ4n) is 5.42. The number of halogens is 4. The first-order chi connectivity index (χ1) is 15.5. The standard InChI is InChI=1S/C23H26F4N4O/c24-15-8-16(22(26)18(25)9-15)19-1-2-21(30-29-19)28-20-7-14-11-31(12-17(14)23(20)27)10-13-3-5-32-6-4-13/h1-2,8-9,13-14,17,20,23H,3-7,10-12H2,(H,28,30)/t14-,17+,20+,23-/m0/s1. The molecular weight excluding hydrogens is 424 g/mol. The average molecular weight is 450 g/mol. The molecule has 4 atom stereocenters. The van der Waals surface area contributed by atoms with Crippen molar-refractivity contribution < 1.29 is 22.3 Å². The molecule has 2 aliphatic heterocycles. The topological polar surface area (TPSA) is 50.3 Å². The number of benzene rings is 1. The van der Waals surface area contributed by atoms with Crippen molar-refractivity contribution in [1.82, 2.24) is 15.1 Å². The molecule has 0 radical (unpaired) electrons. The summed E-state index contributed by atoms with van der Waals surface area (Å²) in [6, 6.07) is 3.94. The van der Waals surface area contributed by atoms with E-state index in [9.17, 15) is 13.2 Å². The number of anilines is 1. The highest BCUT2D eigenvalue weighted by Gasteiger charge is 2.48. The quantitative estimate of drug-likeness (QED) is 0.550. The zero-order valence-electron chi connectivity index (χ0n) is 17.6. The number of aromatic nitrogens is 2. The molecule has 172 valence electrons. The molecule has 3 fully saturated rings.